The Morgan fingerprint density at radius 2 is 2.00 bits per heavy atom. The number of nitrogens with one attached hydrogen (secondary N) is 1. The SMILES string of the molecule is C=CC(C)(O)C(CO)NC(=O)OC(C)(C)C. The first-order valence-corrected chi connectivity index (χ1v) is 5.08. The van der Waals surface area contributed by atoms with E-state index in [2.05, 4.69) is 11.9 Å². The smallest absolute Gasteiger partial charge is 0.408 e. The standard InChI is InChI=1S/C11H21NO4/c1-6-11(5,15)8(7-13)12-9(14)16-10(2,3)4/h6,8,13,15H,1,7H2,2-5H3,(H,12,14). The van der Waals surface area contributed by atoms with Crippen molar-refractivity contribution >= 4 is 6.09 Å². The van der Waals surface area contributed by atoms with Gasteiger partial charge in [-0.2, -0.15) is 0 Å². The molecule has 0 saturated heterocycles. The van der Waals surface area contributed by atoms with Crippen LogP contribution in [0.5, 0.6) is 0 Å². The van der Waals surface area contributed by atoms with Gasteiger partial charge in [-0.15, -0.1) is 6.58 Å². The molecule has 2 unspecified atom stereocenters. The van der Waals surface area contributed by atoms with E-state index in [0.717, 1.165) is 0 Å². The molecule has 2 atom stereocenters. The molecular formula is C11H21NO4. The van der Waals surface area contributed by atoms with Gasteiger partial charge in [-0.3, -0.25) is 0 Å². The minimum Gasteiger partial charge on any atom is -0.444 e. The van der Waals surface area contributed by atoms with Gasteiger partial charge in [0, 0.05) is 0 Å². The highest BCUT2D eigenvalue weighted by molar-refractivity contribution is 5.68. The normalized spacial score (nSPS) is 17.1. The lowest BCUT2D eigenvalue weighted by molar-refractivity contribution is 0.0169. The summed E-state index contributed by atoms with van der Waals surface area (Å²) in [6.07, 6.45) is 0.569. The Morgan fingerprint density at radius 1 is 1.50 bits per heavy atom. The monoisotopic (exact) mass is 231 g/mol. The van der Waals surface area contributed by atoms with E-state index in [4.69, 9.17) is 9.84 Å². The van der Waals surface area contributed by atoms with Crippen LogP contribution in [0.3, 0.4) is 0 Å². The summed E-state index contributed by atoms with van der Waals surface area (Å²) in [4.78, 5) is 11.4. The second-order valence-corrected chi connectivity index (χ2v) is 4.81. The zero-order chi connectivity index (χ0) is 13.0. The van der Waals surface area contributed by atoms with Crippen LogP contribution >= 0.6 is 0 Å². The molecule has 5 heteroatoms. The fraction of sp³-hybridized carbons (Fsp3) is 0.727. The van der Waals surface area contributed by atoms with Crippen molar-refractivity contribution in [1.29, 1.82) is 0 Å². The summed E-state index contributed by atoms with van der Waals surface area (Å²) in [5, 5.41) is 21.2. The second-order valence-electron chi connectivity index (χ2n) is 4.81. The number of hydrogen-bond acceptors (Lipinski definition) is 4. The van der Waals surface area contributed by atoms with Crippen molar-refractivity contribution in [3.05, 3.63) is 12.7 Å². The van der Waals surface area contributed by atoms with Gasteiger partial charge in [-0.05, 0) is 27.7 Å². The lowest BCUT2D eigenvalue weighted by Crippen LogP contribution is -2.53. The van der Waals surface area contributed by atoms with Crippen LogP contribution in [-0.4, -0.2) is 40.2 Å². The lowest BCUT2D eigenvalue weighted by Gasteiger charge is -2.30. The van der Waals surface area contributed by atoms with E-state index in [1.54, 1.807) is 20.8 Å². The molecule has 0 saturated carbocycles. The summed E-state index contributed by atoms with van der Waals surface area (Å²) in [6, 6.07) is -0.847. The third kappa shape index (κ3) is 5.14. The van der Waals surface area contributed by atoms with Crippen LogP contribution in [0, 0.1) is 0 Å². The van der Waals surface area contributed by atoms with Gasteiger partial charge < -0.3 is 20.3 Å². The van der Waals surface area contributed by atoms with Crippen molar-refractivity contribution in [2.45, 2.75) is 44.9 Å². The van der Waals surface area contributed by atoms with Crippen LogP contribution in [0.4, 0.5) is 4.79 Å². The predicted molar refractivity (Wildman–Crippen MR) is 61.1 cm³/mol. The molecule has 0 aromatic rings. The van der Waals surface area contributed by atoms with Crippen molar-refractivity contribution in [2.75, 3.05) is 6.61 Å². The van der Waals surface area contributed by atoms with Gasteiger partial charge in [0.05, 0.1) is 12.6 Å². The van der Waals surface area contributed by atoms with Crippen LogP contribution < -0.4 is 5.32 Å². The molecule has 16 heavy (non-hydrogen) atoms. The minimum absolute atomic E-state index is 0.405. The lowest BCUT2D eigenvalue weighted by atomic mass is 9.97. The van der Waals surface area contributed by atoms with Gasteiger partial charge in [0.1, 0.15) is 11.2 Å². The van der Waals surface area contributed by atoms with E-state index in [-0.39, 0.29) is 0 Å². The number of ether oxygens (including phenoxy) is 1. The number of carbonyl (C=O) groups excluding carboxylic acids is 1. The Hall–Kier alpha value is -1.07. The van der Waals surface area contributed by atoms with E-state index >= 15 is 0 Å². The average molecular weight is 231 g/mol. The first-order chi connectivity index (χ1) is 7.12. The quantitative estimate of drug-likeness (QED) is 0.626. The highest BCUT2D eigenvalue weighted by atomic mass is 16.6. The molecule has 0 aromatic heterocycles. The summed E-state index contributed by atoms with van der Waals surface area (Å²) in [5.74, 6) is 0. The largest absolute Gasteiger partial charge is 0.444 e. The van der Waals surface area contributed by atoms with E-state index < -0.39 is 29.9 Å². The van der Waals surface area contributed by atoms with Crippen LogP contribution in [0.1, 0.15) is 27.7 Å². The summed E-state index contributed by atoms with van der Waals surface area (Å²) in [7, 11) is 0. The van der Waals surface area contributed by atoms with Crippen LogP contribution in [0.2, 0.25) is 0 Å². The number of carbonyl (C=O) groups is 1. The molecule has 0 rings (SSSR count). The fourth-order valence-corrected chi connectivity index (χ4v) is 0.969. The number of aliphatic hydroxyl groups is 2. The van der Waals surface area contributed by atoms with Gasteiger partial charge in [-0.1, -0.05) is 6.08 Å². The Balaban J connectivity index is 4.45. The van der Waals surface area contributed by atoms with Crippen molar-refractivity contribution in [2.24, 2.45) is 0 Å². The maximum atomic E-state index is 11.4. The van der Waals surface area contributed by atoms with Crippen molar-refractivity contribution in [1.82, 2.24) is 5.32 Å². The maximum absolute atomic E-state index is 11.4. The zero-order valence-corrected chi connectivity index (χ0v) is 10.3. The van der Waals surface area contributed by atoms with Crippen LogP contribution in [-0.2, 0) is 4.74 Å². The number of amides is 1. The number of aliphatic hydroxyl groups excluding tert-OH is 1. The molecule has 1 amide bonds. The van der Waals surface area contributed by atoms with E-state index in [1.807, 2.05) is 0 Å². The highest BCUT2D eigenvalue weighted by Gasteiger charge is 2.31. The molecule has 3 N–H and O–H groups in total. The molecule has 0 aliphatic rings. The van der Waals surface area contributed by atoms with E-state index in [0.29, 0.717) is 0 Å². The molecule has 0 spiro atoms. The maximum Gasteiger partial charge on any atom is 0.408 e. The van der Waals surface area contributed by atoms with Gasteiger partial charge in [0.25, 0.3) is 0 Å². The molecule has 0 aliphatic carbocycles. The van der Waals surface area contributed by atoms with E-state index in [9.17, 15) is 9.90 Å². The van der Waals surface area contributed by atoms with Crippen LogP contribution in [0.25, 0.3) is 0 Å². The van der Waals surface area contributed by atoms with Gasteiger partial charge in [0.15, 0.2) is 0 Å². The van der Waals surface area contributed by atoms with Gasteiger partial charge in [-0.25, -0.2) is 4.79 Å². The van der Waals surface area contributed by atoms with Crippen molar-refractivity contribution < 1.29 is 19.7 Å². The topological polar surface area (TPSA) is 78.8 Å². The van der Waals surface area contributed by atoms with Gasteiger partial charge >= 0.3 is 6.09 Å². The Labute approximate surface area is 96.1 Å². The molecule has 0 aromatic carbocycles. The molecule has 94 valence electrons. The summed E-state index contributed by atoms with van der Waals surface area (Å²) >= 11 is 0. The molecule has 0 heterocycles. The summed E-state index contributed by atoms with van der Waals surface area (Å²) in [5.41, 5.74) is -2.00. The molecule has 0 radical (unpaired) electrons. The minimum atomic E-state index is -1.38. The molecular weight excluding hydrogens is 210 g/mol. The Kier molecular flexibility index (Phi) is 4.96. The fourth-order valence-electron chi connectivity index (χ4n) is 0.969. The Morgan fingerprint density at radius 3 is 2.31 bits per heavy atom. The van der Waals surface area contributed by atoms with Crippen molar-refractivity contribution in [3.8, 4) is 0 Å². The molecule has 0 bridgehead atoms. The van der Waals surface area contributed by atoms with Crippen LogP contribution in [0.15, 0.2) is 12.7 Å². The number of hydrogen-bond donors (Lipinski definition) is 3. The van der Waals surface area contributed by atoms with Gasteiger partial charge in [0.2, 0.25) is 0 Å². The summed E-state index contributed by atoms with van der Waals surface area (Å²) in [6.45, 7) is 9.65. The first-order valence-electron chi connectivity index (χ1n) is 5.08. The second kappa shape index (κ2) is 5.32. The third-order valence-electron chi connectivity index (χ3n) is 1.99. The number of alkyl carbamates (subject to hydrolysis) is 1. The summed E-state index contributed by atoms with van der Waals surface area (Å²) < 4.78 is 5.00. The highest BCUT2D eigenvalue weighted by Crippen LogP contribution is 2.12. The Bertz CT molecular complexity index is 255. The number of rotatable bonds is 4. The molecule has 5 nitrogen and oxygen atoms in total. The predicted octanol–water partition coefficient (Wildman–Crippen LogP) is 0.809. The average Bonchev–Trinajstić information content (AvgIpc) is 2.11. The van der Waals surface area contributed by atoms with Crippen molar-refractivity contribution in [3.63, 3.8) is 0 Å². The first kappa shape index (κ1) is 14.9. The zero-order valence-electron chi connectivity index (χ0n) is 10.3. The van der Waals surface area contributed by atoms with E-state index in [1.165, 1.54) is 13.0 Å². The third-order valence-corrected chi connectivity index (χ3v) is 1.99. The molecule has 0 fully saturated rings. The molecule has 0 aliphatic heterocycles.